The average Bonchev–Trinajstić information content (AvgIpc) is 2.71. The Kier molecular flexibility index (Phi) is 4.80. The van der Waals surface area contributed by atoms with E-state index in [-0.39, 0.29) is 12.1 Å². The van der Waals surface area contributed by atoms with Gasteiger partial charge in [-0.3, -0.25) is 0 Å². The minimum Gasteiger partial charge on any atom is -0.454 e. The molecule has 0 aromatic heterocycles. The van der Waals surface area contributed by atoms with E-state index in [4.69, 9.17) is 4.74 Å². The van der Waals surface area contributed by atoms with Crippen molar-refractivity contribution in [3.8, 4) is 0 Å². The Morgan fingerprint density at radius 1 is 1.06 bits per heavy atom. The molecule has 1 aliphatic heterocycles. The molecule has 0 bridgehead atoms. The molecule has 0 fully saturated rings. The molecule has 98 valence electrons. The molecule has 1 aliphatic rings. The number of ether oxygens (including phenoxy) is 1. The highest BCUT2D eigenvalue weighted by Crippen LogP contribution is 2.34. The van der Waals surface area contributed by atoms with Crippen LogP contribution in [-0.2, 0) is 4.74 Å². The first kappa shape index (κ1) is 13.1. The number of hydrogen-bond donors (Lipinski definition) is 0. The van der Waals surface area contributed by atoms with Crippen molar-refractivity contribution in [1.29, 1.82) is 0 Å². The van der Waals surface area contributed by atoms with Crippen LogP contribution in [0.2, 0.25) is 0 Å². The van der Waals surface area contributed by atoms with Gasteiger partial charge in [-0.25, -0.2) is 4.79 Å². The summed E-state index contributed by atoms with van der Waals surface area (Å²) in [5, 5.41) is 0. The van der Waals surface area contributed by atoms with E-state index in [1.807, 2.05) is 24.3 Å². The summed E-state index contributed by atoms with van der Waals surface area (Å²) < 4.78 is 5.42. The lowest BCUT2D eigenvalue weighted by molar-refractivity contribution is 0.0363. The molecule has 0 N–H and O–H groups in total. The third kappa shape index (κ3) is 3.12. The lowest BCUT2D eigenvalue weighted by Crippen LogP contribution is -1.98. The fourth-order valence-electron chi connectivity index (χ4n) is 2.54. The fraction of sp³-hybridized carbons (Fsp3) is 0.562. The molecule has 0 radical (unpaired) electrons. The van der Waals surface area contributed by atoms with Gasteiger partial charge in [0.05, 0.1) is 5.56 Å². The predicted octanol–water partition coefficient (Wildman–Crippen LogP) is 4.65. The maximum atomic E-state index is 11.6. The Balaban J connectivity index is 1.77. The number of benzene rings is 1. The highest BCUT2D eigenvalue weighted by Gasteiger charge is 2.29. The van der Waals surface area contributed by atoms with Crippen molar-refractivity contribution in [2.45, 2.75) is 58.0 Å². The SMILES string of the molecule is CCCCCCCC[C@H]1OC(=O)c2ccccc21. The summed E-state index contributed by atoms with van der Waals surface area (Å²) in [6.45, 7) is 2.23. The molecule has 18 heavy (non-hydrogen) atoms. The molecule has 1 aromatic carbocycles. The summed E-state index contributed by atoms with van der Waals surface area (Å²) in [5.74, 6) is -0.151. The Labute approximate surface area is 109 Å². The predicted molar refractivity (Wildman–Crippen MR) is 72.6 cm³/mol. The molecule has 0 saturated carbocycles. The molecular weight excluding hydrogens is 224 g/mol. The second kappa shape index (κ2) is 6.58. The van der Waals surface area contributed by atoms with Gasteiger partial charge in [0.25, 0.3) is 0 Å². The molecule has 0 aliphatic carbocycles. The summed E-state index contributed by atoms with van der Waals surface area (Å²) in [6, 6.07) is 7.75. The number of carbonyl (C=O) groups excluding carboxylic acids is 1. The number of fused-ring (bicyclic) bond motifs is 1. The molecule has 1 atom stereocenters. The summed E-state index contributed by atoms with van der Waals surface area (Å²) in [5.41, 5.74) is 1.84. The van der Waals surface area contributed by atoms with Crippen LogP contribution in [0.25, 0.3) is 0 Å². The van der Waals surface area contributed by atoms with Gasteiger partial charge in [0.15, 0.2) is 0 Å². The number of carbonyl (C=O) groups is 1. The second-order valence-electron chi connectivity index (χ2n) is 5.04. The van der Waals surface area contributed by atoms with Gasteiger partial charge in [0.2, 0.25) is 0 Å². The minimum absolute atomic E-state index is 0.000116. The summed E-state index contributed by atoms with van der Waals surface area (Å²) in [4.78, 5) is 11.6. The van der Waals surface area contributed by atoms with Crippen LogP contribution in [0.15, 0.2) is 24.3 Å². The highest BCUT2D eigenvalue weighted by molar-refractivity contribution is 5.93. The van der Waals surface area contributed by atoms with Crippen LogP contribution in [0.5, 0.6) is 0 Å². The molecular formula is C16H22O2. The van der Waals surface area contributed by atoms with Gasteiger partial charge in [-0.1, -0.05) is 57.2 Å². The fourth-order valence-corrected chi connectivity index (χ4v) is 2.54. The van der Waals surface area contributed by atoms with Gasteiger partial charge in [0, 0.05) is 5.56 Å². The molecule has 0 unspecified atom stereocenters. The van der Waals surface area contributed by atoms with Gasteiger partial charge in [-0.15, -0.1) is 0 Å². The summed E-state index contributed by atoms with van der Waals surface area (Å²) in [7, 11) is 0. The minimum atomic E-state index is -0.151. The van der Waals surface area contributed by atoms with Crippen molar-refractivity contribution in [3.05, 3.63) is 35.4 Å². The first-order valence-corrected chi connectivity index (χ1v) is 7.13. The summed E-state index contributed by atoms with van der Waals surface area (Å²) >= 11 is 0. The number of rotatable bonds is 7. The zero-order valence-electron chi connectivity index (χ0n) is 11.2. The number of esters is 1. The van der Waals surface area contributed by atoms with E-state index in [1.54, 1.807) is 0 Å². The third-order valence-electron chi connectivity index (χ3n) is 3.60. The first-order valence-electron chi connectivity index (χ1n) is 7.13. The average molecular weight is 246 g/mol. The monoisotopic (exact) mass is 246 g/mol. The van der Waals surface area contributed by atoms with Crippen LogP contribution in [-0.4, -0.2) is 5.97 Å². The van der Waals surface area contributed by atoms with E-state index >= 15 is 0 Å². The maximum Gasteiger partial charge on any atom is 0.339 e. The zero-order chi connectivity index (χ0) is 12.8. The van der Waals surface area contributed by atoms with E-state index in [0.29, 0.717) is 0 Å². The van der Waals surface area contributed by atoms with Crippen LogP contribution >= 0.6 is 0 Å². The Morgan fingerprint density at radius 3 is 2.61 bits per heavy atom. The molecule has 0 saturated heterocycles. The van der Waals surface area contributed by atoms with Crippen molar-refractivity contribution in [1.82, 2.24) is 0 Å². The van der Waals surface area contributed by atoms with Gasteiger partial charge in [0.1, 0.15) is 6.10 Å². The molecule has 2 heteroatoms. The largest absolute Gasteiger partial charge is 0.454 e. The third-order valence-corrected chi connectivity index (χ3v) is 3.60. The van der Waals surface area contributed by atoms with Gasteiger partial charge < -0.3 is 4.74 Å². The molecule has 2 nitrogen and oxygen atoms in total. The molecule has 1 heterocycles. The number of cyclic esters (lactones) is 1. The molecule has 1 aromatic rings. The van der Waals surface area contributed by atoms with E-state index in [1.165, 1.54) is 32.1 Å². The smallest absolute Gasteiger partial charge is 0.339 e. The van der Waals surface area contributed by atoms with Gasteiger partial charge in [-0.05, 0) is 18.9 Å². The number of hydrogen-bond acceptors (Lipinski definition) is 2. The zero-order valence-corrected chi connectivity index (χ0v) is 11.2. The quantitative estimate of drug-likeness (QED) is 0.517. The van der Waals surface area contributed by atoms with Crippen LogP contribution in [0, 0.1) is 0 Å². The summed E-state index contributed by atoms with van der Waals surface area (Å²) in [6.07, 6.45) is 8.61. The first-order chi connectivity index (χ1) is 8.83. The van der Waals surface area contributed by atoms with Crippen molar-refractivity contribution in [3.63, 3.8) is 0 Å². The topological polar surface area (TPSA) is 26.3 Å². The van der Waals surface area contributed by atoms with Gasteiger partial charge >= 0.3 is 5.97 Å². The van der Waals surface area contributed by atoms with Crippen molar-refractivity contribution in [2.24, 2.45) is 0 Å². The standard InChI is InChI=1S/C16H22O2/c1-2-3-4-5-6-7-12-15-13-10-8-9-11-14(13)16(17)18-15/h8-11,15H,2-7,12H2,1H3/t15-/m1/s1. The van der Waals surface area contributed by atoms with Crippen LogP contribution in [0.1, 0.15) is 73.9 Å². The maximum absolute atomic E-state index is 11.6. The van der Waals surface area contributed by atoms with Crippen molar-refractivity contribution < 1.29 is 9.53 Å². The van der Waals surface area contributed by atoms with E-state index in [2.05, 4.69) is 6.92 Å². The Morgan fingerprint density at radius 2 is 1.78 bits per heavy atom. The van der Waals surface area contributed by atoms with E-state index in [0.717, 1.165) is 24.0 Å². The normalized spacial score (nSPS) is 17.6. The Bertz CT molecular complexity index is 398. The molecule has 0 amide bonds. The van der Waals surface area contributed by atoms with Gasteiger partial charge in [-0.2, -0.15) is 0 Å². The Hall–Kier alpha value is -1.31. The van der Waals surface area contributed by atoms with Crippen LogP contribution in [0.4, 0.5) is 0 Å². The number of unbranched alkanes of at least 4 members (excludes halogenated alkanes) is 5. The molecule has 2 rings (SSSR count). The highest BCUT2D eigenvalue weighted by atomic mass is 16.5. The van der Waals surface area contributed by atoms with E-state index in [9.17, 15) is 4.79 Å². The van der Waals surface area contributed by atoms with E-state index < -0.39 is 0 Å². The van der Waals surface area contributed by atoms with Crippen molar-refractivity contribution in [2.75, 3.05) is 0 Å². The molecule has 0 spiro atoms. The lowest BCUT2D eigenvalue weighted by atomic mass is 10.00. The van der Waals surface area contributed by atoms with Crippen LogP contribution in [0.3, 0.4) is 0 Å². The second-order valence-corrected chi connectivity index (χ2v) is 5.04. The van der Waals surface area contributed by atoms with Crippen molar-refractivity contribution >= 4 is 5.97 Å². The van der Waals surface area contributed by atoms with Crippen LogP contribution < -0.4 is 0 Å². The lowest BCUT2D eigenvalue weighted by Gasteiger charge is -2.10.